The van der Waals surface area contributed by atoms with Gasteiger partial charge in [-0.15, -0.1) is 0 Å². The Labute approximate surface area is 104 Å². The molecule has 0 saturated carbocycles. The number of ketones is 1. The molecule has 2 aromatic carbocycles. The van der Waals surface area contributed by atoms with Crippen molar-refractivity contribution in [3.05, 3.63) is 70.5 Å². The monoisotopic (exact) mass is 248 g/mol. The highest BCUT2D eigenvalue weighted by Crippen LogP contribution is 2.21. The summed E-state index contributed by atoms with van der Waals surface area (Å²) in [5.41, 5.74) is 1.12. The molecule has 0 aliphatic rings. The highest BCUT2D eigenvalue weighted by Gasteiger charge is 2.13. The van der Waals surface area contributed by atoms with Gasteiger partial charge >= 0.3 is 0 Å². The molecule has 0 N–H and O–H groups in total. The van der Waals surface area contributed by atoms with E-state index in [0.29, 0.717) is 0 Å². The van der Waals surface area contributed by atoms with Gasteiger partial charge in [-0.3, -0.25) is 4.79 Å². The van der Waals surface area contributed by atoms with Crippen LogP contribution in [-0.4, -0.2) is 5.78 Å². The number of Topliss-reactive ketones (excluding diaryl/α,β-unsaturated/α-hetero) is 1. The molecule has 0 aliphatic heterocycles. The number of halogens is 2. The SMILES string of the molecule is O=C(Cc1ccccc1)c1cccc(F)c1Cl. The maximum absolute atomic E-state index is 13.2. The van der Waals surface area contributed by atoms with E-state index >= 15 is 0 Å². The van der Waals surface area contributed by atoms with Gasteiger partial charge in [0.15, 0.2) is 5.78 Å². The molecule has 0 atom stereocenters. The average Bonchev–Trinajstić information content (AvgIpc) is 2.34. The topological polar surface area (TPSA) is 17.1 Å². The first-order chi connectivity index (χ1) is 8.18. The van der Waals surface area contributed by atoms with Crippen molar-refractivity contribution in [1.82, 2.24) is 0 Å². The summed E-state index contributed by atoms with van der Waals surface area (Å²) in [5, 5.41) is -0.103. The predicted octanol–water partition coefficient (Wildman–Crippen LogP) is 3.90. The molecule has 0 fully saturated rings. The Morgan fingerprint density at radius 1 is 1.06 bits per heavy atom. The molecular formula is C14H10ClFO. The van der Waals surface area contributed by atoms with Gasteiger partial charge < -0.3 is 0 Å². The summed E-state index contributed by atoms with van der Waals surface area (Å²) in [6, 6.07) is 13.6. The van der Waals surface area contributed by atoms with Gasteiger partial charge in [0.05, 0.1) is 5.02 Å². The molecule has 0 radical (unpaired) electrons. The molecule has 2 rings (SSSR count). The third-order valence-electron chi connectivity index (χ3n) is 2.46. The third-order valence-corrected chi connectivity index (χ3v) is 2.84. The average molecular weight is 249 g/mol. The van der Waals surface area contributed by atoms with Crippen LogP contribution >= 0.6 is 11.6 Å². The first-order valence-electron chi connectivity index (χ1n) is 5.19. The van der Waals surface area contributed by atoms with Crippen LogP contribution in [0.15, 0.2) is 48.5 Å². The zero-order valence-corrected chi connectivity index (χ0v) is 9.75. The van der Waals surface area contributed by atoms with Crippen LogP contribution in [0.25, 0.3) is 0 Å². The van der Waals surface area contributed by atoms with E-state index in [1.807, 2.05) is 30.3 Å². The molecule has 0 heterocycles. The number of benzene rings is 2. The lowest BCUT2D eigenvalue weighted by Crippen LogP contribution is -2.05. The molecule has 86 valence electrons. The number of hydrogen-bond acceptors (Lipinski definition) is 1. The summed E-state index contributed by atoms with van der Waals surface area (Å²) < 4.78 is 13.2. The van der Waals surface area contributed by atoms with Gasteiger partial charge in [0, 0.05) is 12.0 Å². The van der Waals surface area contributed by atoms with Crippen LogP contribution < -0.4 is 0 Å². The fourth-order valence-corrected chi connectivity index (χ4v) is 1.83. The van der Waals surface area contributed by atoms with Crippen LogP contribution in [0.5, 0.6) is 0 Å². The molecule has 0 aliphatic carbocycles. The van der Waals surface area contributed by atoms with Crippen molar-refractivity contribution in [3.8, 4) is 0 Å². The zero-order valence-electron chi connectivity index (χ0n) is 8.99. The minimum absolute atomic E-state index is 0.103. The Bertz CT molecular complexity index is 537. The lowest BCUT2D eigenvalue weighted by atomic mass is 10.0. The van der Waals surface area contributed by atoms with Crippen molar-refractivity contribution >= 4 is 17.4 Å². The second-order valence-corrected chi connectivity index (χ2v) is 4.06. The lowest BCUT2D eigenvalue weighted by Gasteiger charge is -2.04. The quantitative estimate of drug-likeness (QED) is 0.753. The Balaban J connectivity index is 2.24. The Morgan fingerprint density at radius 2 is 1.76 bits per heavy atom. The van der Waals surface area contributed by atoms with Crippen molar-refractivity contribution in [2.24, 2.45) is 0 Å². The second-order valence-electron chi connectivity index (χ2n) is 3.69. The van der Waals surface area contributed by atoms with E-state index in [9.17, 15) is 9.18 Å². The lowest BCUT2D eigenvalue weighted by molar-refractivity contribution is 0.0992. The molecule has 0 amide bonds. The fourth-order valence-electron chi connectivity index (χ4n) is 1.60. The summed E-state index contributed by atoms with van der Waals surface area (Å²) in [7, 11) is 0. The summed E-state index contributed by atoms with van der Waals surface area (Å²) in [4.78, 5) is 11.9. The smallest absolute Gasteiger partial charge is 0.168 e. The first-order valence-corrected chi connectivity index (χ1v) is 5.57. The zero-order chi connectivity index (χ0) is 12.3. The third kappa shape index (κ3) is 2.71. The highest BCUT2D eigenvalue weighted by molar-refractivity contribution is 6.34. The molecule has 0 bridgehead atoms. The molecule has 17 heavy (non-hydrogen) atoms. The molecule has 3 heteroatoms. The second kappa shape index (κ2) is 5.11. The Kier molecular flexibility index (Phi) is 3.55. The van der Waals surface area contributed by atoms with Crippen molar-refractivity contribution in [2.75, 3.05) is 0 Å². The van der Waals surface area contributed by atoms with Crippen molar-refractivity contribution in [3.63, 3.8) is 0 Å². The van der Waals surface area contributed by atoms with Crippen LogP contribution in [0.4, 0.5) is 4.39 Å². The number of hydrogen-bond donors (Lipinski definition) is 0. The van der Waals surface area contributed by atoms with Gasteiger partial charge in [-0.2, -0.15) is 0 Å². The van der Waals surface area contributed by atoms with E-state index in [0.717, 1.165) is 5.56 Å². The van der Waals surface area contributed by atoms with Gasteiger partial charge in [0.2, 0.25) is 0 Å². The van der Waals surface area contributed by atoms with E-state index in [-0.39, 0.29) is 22.8 Å². The number of carbonyl (C=O) groups is 1. The van der Waals surface area contributed by atoms with Crippen molar-refractivity contribution in [2.45, 2.75) is 6.42 Å². The Morgan fingerprint density at radius 3 is 2.47 bits per heavy atom. The molecular weight excluding hydrogens is 239 g/mol. The highest BCUT2D eigenvalue weighted by atomic mass is 35.5. The molecule has 2 aromatic rings. The molecule has 0 unspecified atom stereocenters. The van der Waals surface area contributed by atoms with Gasteiger partial charge in [-0.1, -0.05) is 48.0 Å². The first kappa shape index (κ1) is 11.8. The van der Waals surface area contributed by atoms with Crippen LogP contribution in [0.1, 0.15) is 15.9 Å². The summed E-state index contributed by atoms with van der Waals surface area (Å²) >= 11 is 5.76. The van der Waals surface area contributed by atoms with Crippen molar-refractivity contribution < 1.29 is 9.18 Å². The van der Waals surface area contributed by atoms with E-state index in [2.05, 4.69) is 0 Å². The minimum Gasteiger partial charge on any atom is -0.294 e. The maximum Gasteiger partial charge on any atom is 0.168 e. The van der Waals surface area contributed by atoms with Gasteiger partial charge in [0.1, 0.15) is 5.82 Å². The van der Waals surface area contributed by atoms with E-state index < -0.39 is 5.82 Å². The fraction of sp³-hybridized carbons (Fsp3) is 0.0714. The number of rotatable bonds is 3. The van der Waals surface area contributed by atoms with Crippen LogP contribution in [-0.2, 0) is 6.42 Å². The van der Waals surface area contributed by atoms with Crippen LogP contribution in [0, 0.1) is 5.82 Å². The molecule has 0 saturated heterocycles. The van der Waals surface area contributed by atoms with E-state index in [1.165, 1.54) is 18.2 Å². The van der Waals surface area contributed by atoms with Crippen LogP contribution in [0.2, 0.25) is 5.02 Å². The summed E-state index contributed by atoms with van der Waals surface area (Å²) in [6.45, 7) is 0. The maximum atomic E-state index is 13.2. The summed E-state index contributed by atoms with van der Waals surface area (Å²) in [5.74, 6) is -0.744. The standard InChI is InChI=1S/C14H10ClFO/c15-14-11(7-4-8-12(14)16)13(17)9-10-5-2-1-3-6-10/h1-8H,9H2. The van der Waals surface area contributed by atoms with Crippen molar-refractivity contribution in [1.29, 1.82) is 0 Å². The normalized spacial score (nSPS) is 10.2. The van der Waals surface area contributed by atoms with Gasteiger partial charge in [0.25, 0.3) is 0 Å². The molecule has 0 spiro atoms. The predicted molar refractivity (Wildman–Crippen MR) is 65.9 cm³/mol. The van der Waals surface area contributed by atoms with E-state index in [4.69, 9.17) is 11.6 Å². The molecule has 1 nitrogen and oxygen atoms in total. The summed E-state index contributed by atoms with van der Waals surface area (Å²) in [6.07, 6.45) is 0.226. The van der Waals surface area contributed by atoms with Gasteiger partial charge in [-0.05, 0) is 17.7 Å². The van der Waals surface area contributed by atoms with Gasteiger partial charge in [-0.25, -0.2) is 4.39 Å². The molecule has 0 aromatic heterocycles. The van der Waals surface area contributed by atoms with E-state index in [1.54, 1.807) is 0 Å². The number of carbonyl (C=O) groups excluding carboxylic acids is 1. The Hall–Kier alpha value is -1.67. The minimum atomic E-state index is -0.564. The van der Waals surface area contributed by atoms with Crippen LogP contribution in [0.3, 0.4) is 0 Å². The largest absolute Gasteiger partial charge is 0.294 e.